The number of carboxylic acid groups (broad SMARTS) is 1. The Bertz CT molecular complexity index is 323. The van der Waals surface area contributed by atoms with E-state index in [2.05, 4.69) is 15.2 Å². The van der Waals surface area contributed by atoms with Crippen LogP contribution in [0.1, 0.15) is 19.3 Å². The molecule has 0 aromatic carbocycles. The molecule has 7 nitrogen and oxygen atoms in total. The minimum atomic E-state index is -1.10. The van der Waals surface area contributed by atoms with Crippen LogP contribution in [0.15, 0.2) is 0 Å². The van der Waals surface area contributed by atoms with Crippen LogP contribution >= 0.6 is 0 Å². The standard InChI is InChI=1S/C11H19N3O4/c15-10(16)8-18-12-11(17)14-6-2-5-13-4-1-3-9(13)7-14/h9H,1-8H2,(H,12,17)(H,15,16). The first kappa shape index (κ1) is 13.1. The number of carbonyl (C=O) groups excluding carboxylic acids is 1. The quantitative estimate of drug-likeness (QED) is 0.689. The highest BCUT2D eigenvalue weighted by atomic mass is 16.7. The summed E-state index contributed by atoms with van der Waals surface area (Å²) in [5.74, 6) is -1.10. The molecule has 2 aliphatic heterocycles. The second-order valence-electron chi connectivity index (χ2n) is 4.72. The van der Waals surface area contributed by atoms with Gasteiger partial charge in [0.2, 0.25) is 0 Å². The van der Waals surface area contributed by atoms with Crippen molar-refractivity contribution in [3.8, 4) is 0 Å². The van der Waals surface area contributed by atoms with Gasteiger partial charge in [0.05, 0.1) is 0 Å². The molecule has 2 heterocycles. The minimum Gasteiger partial charge on any atom is -0.479 e. The fourth-order valence-corrected chi connectivity index (χ4v) is 2.62. The average molecular weight is 257 g/mol. The molecule has 1 unspecified atom stereocenters. The molecule has 1 atom stereocenters. The van der Waals surface area contributed by atoms with Crippen molar-refractivity contribution in [3.63, 3.8) is 0 Å². The molecule has 102 valence electrons. The number of hydrogen-bond acceptors (Lipinski definition) is 4. The maximum absolute atomic E-state index is 11.8. The summed E-state index contributed by atoms with van der Waals surface area (Å²) in [5.41, 5.74) is 2.18. The number of rotatable bonds is 3. The van der Waals surface area contributed by atoms with Crippen molar-refractivity contribution in [2.75, 3.05) is 32.8 Å². The van der Waals surface area contributed by atoms with E-state index in [1.54, 1.807) is 4.90 Å². The summed E-state index contributed by atoms with van der Waals surface area (Å²) >= 11 is 0. The smallest absolute Gasteiger partial charge is 0.341 e. The van der Waals surface area contributed by atoms with Gasteiger partial charge in [0, 0.05) is 25.7 Å². The number of fused-ring (bicyclic) bond motifs is 1. The molecule has 0 aromatic heterocycles. The van der Waals surface area contributed by atoms with Crippen LogP contribution in [-0.4, -0.2) is 65.7 Å². The number of nitrogens with one attached hydrogen (secondary N) is 1. The third-order valence-corrected chi connectivity index (χ3v) is 3.45. The lowest BCUT2D eigenvalue weighted by Gasteiger charge is -2.25. The Labute approximate surface area is 106 Å². The summed E-state index contributed by atoms with van der Waals surface area (Å²) < 4.78 is 0. The van der Waals surface area contributed by atoms with Crippen molar-refractivity contribution in [1.82, 2.24) is 15.3 Å². The Morgan fingerprint density at radius 3 is 2.83 bits per heavy atom. The van der Waals surface area contributed by atoms with E-state index >= 15 is 0 Å². The van der Waals surface area contributed by atoms with Crippen molar-refractivity contribution in [1.29, 1.82) is 0 Å². The number of nitrogens with zero attached hydrogens (tertiary/aromatic N) is 2. The second kappa shape index (κ2) is 6.01. The van der Waals surface area contributed by atoms with Gasteiger partial charge < -0.3 is 10.0 Å². The lowest BCUT2D eigenvalue weighted by molar-refractivity contribution is -0.144. The first-order valence-electron chi connectivity index (χ1n) is 6.29. The van der Waals surface area contributed by atoms with Crippen LogP contribution in [0.25, 0.3) is 0 Å². The van der Waals surface area contributed by atoms with Crippen LogP contribution < -0.4 is 5.48 Å². The van der Waals surface area contributed by atoms with E-state index in [-0.39, 0.29) is 6.03 Å². The van der Waals surface area contributed by atoms with Gasteiger partial charge in [0.1, 0.15) is 0 Å². The minimum absolute atomic E-state index is 0.343. The number of carbonyl (C=O) groups is 2. The number of amides is 2. The maximum atomic E-state index is 11.8. The molecule has 0 aromatic rings. The van der Waals surface area contributed by atoms with Crippen LogP contribution in [0, 0.1) is 0 Å². The highest BCUT2D eigenvalue weighted by Crippen LogP contribution is 2.21. The van der Waals surface area contributed by atoms with Gasteiger partial charge in [-0.15, -0.1) is 0 Å². The summed E-state index contributed by atoms with van der Waals surface area (Å²) in [5, 5.41) is 8.41. The van der Waals surface area contributed by atoms with E-state index < -0.39 is 12.6 Å². The summed E-state index contributed by atoms with van der Waals surface area (Å²) in [6.07, 6.45) is 3.26. The summed E-state index contributed by atoms with van der Waals surface area (Å²) in [7, 11) is 0. The zero-order valence-corrected chi connectivity index (χ0v) is 10.3. The molecule has 0 aliphatic carbocycles. The highest BCUT2D eigenvalue weighted by Gasteiger charge is 2.30. The predicted molar refractivity (Wildman–Crippen MR) is 62.9 cm³/mol. The van der Waals surface area contributed by atoms with Gasteiger partial charge in [-0.3, -0.25) is 9.74 Å². The van der Waals surface area contributed by atoms with Gasteiger partial charge >= 0.3 is 12.0 Å². The third-order valence-electron chi connectivity index (χ3n) is 3.45. The number of hydroxylamine groups is 1. The molecule has 0 spiro atoms. The summed E-state index contributed by atoms with van der Waals surface area (Å²) in [6.45, 7) is 3.02. The molecule has 2 rings (SSSR count). The van der Waals surface area contributed by atoms with E-state index in [1.807, 2.05) is 0 Å². The average Bonchev–Trinajstić information content (AvgIpc) is 2.66. The third kappa shape index (κ3) is 3.33. The molecule has 18 heavy (non-hydrogen) atoms. The number of carboxylic acids is 1. The normalized spacial score (nSPS) is 24.4. The van der Waals surface area contributed by atoms with Crippen molar-refractivity contribution < 1.29 is 19.5 Å². The first-order valence-corrected chi connectivity index (χ1v) is 6.29. The van der Waals surface area contributed by atoms with Crippen LogP contribution in [-0.2, 0) is 9.63 Å². The van der Waals surface area contributed by atoms with Gasteiger partial charge in [-0.05, 0) is 25.8 Å². The Hall–Kier alpha value is -1.34. The maximum Gasteiger partial charge on any atom is 0.341 e. The van der Waals surface area contributed by atoms with Crippen LogP contribution in [0.4, 0.5) is 4.79 Å². The number of urea groups is 1. The largest absolute Gasteiger partial charge is 0.479 e. The molecular formula is C11H19N3O4. The Morgan fingerprint density at radius 1 is 1.28 bits per heavy atom. The second-order valence-corrected chi connectivity index (χ2v) is 4.72. The van der Waals surface area contributed by atoms with E-state index in [0.29, 0.717) is 19.1 Å². The Balaban J connectivity index is 1.80. The lowest BCUT2D eigenvalue weighted by Crippen LogP contribution is -2.45. The molecule has 2 saturated heterocycles. The van der Waals surface area contributed by atoms with Crippen molar-refractivity contribution in [2.45, 2.75) is 25.3 Å². The molecule has 0 radical (unpaired) electrons. The SMILES string of the molecule is O=C(O)CONC(=O)N1CCCN2CCCC2C1. The van der Waals surface area contributed by atoms with Crippen LogP contribution in [0.3, 0.4) is 0 Å². The van der Waals surface area contributed by atoms with E-state index in [0.717, 1.165) is 25.9 Å². The molecule has 2 N–H and O–H groups in total. The van der Waals surface area contributed by atoms with Crippen molar-refractivity contribution >= 4 is 12.0 Å². The van der Waals surface area contributed by atoms with Crippen molar-refractivity contribution in [2.24, 2.45) is 0 Å². The topological polar surface area (TPSA) is 82.1 Å². The molecular weight excluding hydrogens is 238 g/mol. The zero-order valence-electron chi connectivity index (χ0n) is 10.3. The Kier molecular flexibility index (Phi) is 4.38. The molecule has 0 saturated carbocycles. The van der Waals surface area contributed by atoms with Gasteiger partial charge in [0.25, 0.3) is 0 Å². The highest BCUT2D eigenvalue weighted by molar-refractivity contribution is 5.73. The zero-order chi connectivity index (χ0) is 13.0. The fourth-order valence-electron chi connectivity index (χ4n) is 2.62. The van der Waals surface area contributed by atoms with Gasteiger partial charge in [-0.25, -0.2) is 15.1 Å². The van der Waals surface area contributed by atoms with Crippen molar-refractivity contribution in [3.05, 3.63) is 0 Å². The number of hydrogen-bond donors (Lipinski definition) is 2. The van der Waals surface area contributed by atoms with E-state index in [4.69, 9.17) is 5.11 Å². The lowest BCUT2D eigenvalue weighted by atomic mass is 10.2. The van der Waals surface area contributed by atoms with Crippen LogP contribution in [0.5, 0.6) is 0 Å². The predicted octanol–water partition coefficient (Wildman–Crippen LogP) is -0.118. The van der Waals surface area contributed by atoms with Gasteiger partial charge in [-0.2, -0.15) is 0 Å². The number of aliphatic carboxylic acids is 1. The van der Waals surface area contributed by atoms with Gasteiger partial charge in [-0.1, -0.05) is 0 Å². The molecule has 0 bridgehead atoms. The van der Waals surface area contributed by atoms with E-state index in [9.17, 15) is 9.59 Å². The summed E-state index contributed by atoms with van der Waals surface area (Å²) in [6, 6.07) is 0.0997. The molecule has 2 fully saturated rings. The van der Waals surface area contributed by atoms with Crippen LogP contribution in [0.2, 0.25) is 0 Å². The monoisotopic (exact) mass is 257 g/mol. The fraction of sp³-hybridized carbons (Fsp3) is 0.818. The molecule has 2 amide bonds. The van der Waals surface area contributed by atoms with Gasteiger partial charge in [0.15, 0.2) is 6.61 Å². The summed E-state index contributed by atoms with van der Waals surface area (Å²) in [4.78, 5) is 30.8. The first-order chi connectivity index (χ1) is 8.66. The molecule has 2 aliphatic rings. The van der Waals surface area contributed by atoms with E-state index in [1.165, 1.54) is 6.42 Å². The Morgan fingerprint density at radius 2 is 2.06 bits per heavy atom. The molecule has 7 heteroatoms.